The fourth-order valence-corrected chi connectivity index (χ4v) is 2.09. The van der Waals surface area contributed by atoms with Crippen molar-refractivity contribution in [2.45, 2.75) is 45.2 Å². The van der Waals surface area contributed by atoms with Gasteiger partial charge in [0.1, 0.15) is 0 Å². The average Bonchev–Trinajstić information content (AvgIpc) is 2.32. The van der Waals surface area contributed by atoms with Gasteiger partial charge in [0.05, 0.1) is 12.6 Å². The Morgan fingerprint density at radius 3 is 2.89 bits per heavy atom. The highest BCUT2D eigenvalue weighted by atomic mass is 16.5. The largest absolute Gasteiger partial charge is 0.379 e. The second-order valence-corrected chi connectivity index (χ2v) is 5.68. The maximum absolute atomic E-state index is 12.3. The molecule has 5 nitrogen and oxygen atoms in total. The molecule has 100 valence electrons. The quantitative estimate of drug-likeness (QED) is 0.867. The summed E-state index contributed by atoms with van der Waals surface area (Å²) in [6.07, 6.45) is 5.44. The van der Waals surface area contributed by atoms with E-state index in [2.05, 4.69) is 10.3 Å². The lowest BCUT2D eigenvalue weighted by molar-refractivity contribution is 0.0874. The molecule has 2 rings (SSSR count). The highest BCUT2D eigenvalue weighted by Crippen LogP contribution is 2.13. The van der Waals surface area contributed by atoms with Crippen LogP contribution in [0.3, 0.4) is 0 Å². The molecule has 1 fully saturated rings. The maximum Gasteiger partial charge on any atom is 0.293 e. The molecular weight excluding hydrogens is 230 g/mol. The SMILES string of the molecule is CC(C)(C)n1ccnc(NC2CCCOC2)c1=O. The first kappa shape index (κ1) is 13.1. The summed E-state index contributed by atoms with van der Waals surface area (Å²) in [7, 11) is 0. The van der Waals surface area contributed by atoms with E-state index in [1.807, 2.05) is 20.8 Å². The van der Waals surface area contributed by atoms with Crippen molar-refractivity contribution in [2.75, 3.05) is 18.5 Å². The van der Waals surface area contributed by atoms with Crippen molar-refractivity contribution in [3.63, 3.8) is 0 Å². The third-order valence-electron chi connectivity index (χ3n) is 3.06. The lowest BCUT2D eigenvalue weighted by Gasteiger charge is -2.25. The standard InChI is InChI=1S/C13H21N3O2/c1-13(2,3)16-7-6-14-11(12(16)17)15-10-5-4-8-18-9-10/h6-7,10H,4-5,8-9H2,1-3H3,(H,14,15). The Balaban J connectivity index is 2.21. The van der Waals surface area contributed by atoms with Crippen LogP contribution in [0, 0.1) is 0 Å². The van der Waals surface area contributed by atoms with Crippen LogP contribution in [-0.2, 0) is 10.3 Å². The minimum absolute atomic E-state index is 0.0735. The van der Waals surface area contributed by atoms with Crippen LogP contribution in [0.2, 0.25) is 0 Å². The molecule has 1 aliphatic rings. The zero-order valence-corrected chi connectivity index (χ0v) is 11.3. The van der Waals surface area contributed by atoms with E-state index in [9.17, 15) is 4.79 Å². The normalized spacial score (nSPS) is 20.7. The Bertz CT molecular complexity index is 456. The van der Waals surface area contributed by atoms with E-state index in [-0.39, 0.29) is 17.1 Å². The Kier molecular flexibility index (Phi) is 3.71. The van der Waals surface area contributed by atoms with E-state index in [0.29, 0.717) is 12.4 Å². The second-order valence-electron chi connectivity index (χ2n) is 5.68. The van der Waals surface area contributed by atoms with Crippen LogP contribution < -0.4 is 10.9 Å². The first-order valence-electron chi connectivity index (χ1n) is 6.41. The molecule has 2 heterocycles. The molecule has 1 saturated heterocycles. The average molecular weight is 251 g/mol. The third-order valence-corrected chi connectivity index (χ3v) is 3.06. The van der Waals surface area contributed by atoms with Gasteiger partial charge in [0.15, 0.2) is 5.82 Å². The third kappa shape index (κ3) is 2.90. The molecule has 1 aromatic heterocycles. The van der Waals surface area contributed by atoms with E-state index in [1.54, 1.807) is 17.0 Å². The zero-order valence-electron chi connectivity index (χ0n) is 11.3. The topological polar surface area (TPSA) is 56.1 Å². The van der Waals surface area contributed by atoms with Crippen LogP contribution in [0.15, 0.2) is 17.2 Å². The monoisotopic (exact) mass is 251 g/mol. The molecule has 5 heteroatoms. The first-order chi connectivity index (χ1) is 8.48. The van der Waals surface area contributed by atoms with Gasteiger partial charge in [-0.15, -0.1) is 0 Å². The smallest absolute Gasteiger partial charge is 0.293 e. The molecule has 1 aliphatic heterocycles. The molecule has 1 aromatic rings. The fraction of sp³-hybridized carbons (Fsp3) is 0.692. The van der Waals surface area contributed by atoms with Crippen molar-refractivity contribution in [1.82, 2.24) is 9.55 Å². The molecule has 0 aliphatic carbocycles. The van der Waals surface area contributed by atoms with Gasteiger partial charge in [-0.25, -0.2) is 4.98 Å². The molecule has 1 N–H and O–H groups in total. The summed E-state index contributed by atoms with van der Waals surface area (Å²) in [6, 6.07) is 0.190. The molecule has 1 atom stereocenters. The van der Waals surface area contributed by atoms with Gasteiger partial charge in [0, 0.05) is 24.5 Å². The minimum Gasteiger partial charge on any atom is -0.379 e. The lowest BCUT2D eigenvalue weighted by atomic mass is 10.1. The Labute approximate surface area is 107 Å². The van der Waals surface area contributed by atoms with Gasteiger partial charge in [-0.05, 0) is 33.6 Å². The van der Waals surface area contributed by atoms with Gasteiger partial charge in [-0.2, -0.15) is 0 Å². The molecule has 0 bridgehead atoms. The highest BCUT2D eigenvalue weighted by Gasteiger charge is 2.19. The number of nitrogens with zero attached hydrogens (tertiary/aromatic N) is 2. The molecular formula is C13H21N3O2. The van der Waals surface area contributed by atoms with Gasteiger partial charge in [0.25, 0.3) is 5.56 Å². The van der Waals surface area contributed by atoms with Crippen LogP contribution in [0.4, 0.5) is 5.82 Å². The van der Waals surface area contributed by atoms with Crippen molar-refractivity contribution in [3.05, 3.63) is 22.7 Å². The number of rotatable bonds is 2. The summed E-state index contributed by atoms with van der Waals surface area (Å²) in [6.45, 7) is 7.46. The number of aromatic nitrogens is 2. The van der Waals surface area contributed by atoms with Crippen molar-refractivity contribution in [2.24, 2.45) is 0 Å². The number of hydrogen-bond acceptors (Lipinski definition) is 4. The Morgan fingerprint density at radius 1 is 1.50 bits per heavy atom. The predicted molar refractivity (Wildman–Crippen MR) is 71.0 cm³/mol. The van der Waals surface area contributed by atoms with Gasteiger partial charge < -0.3 is 14.6 Å². The fourth-order valence-electron chi connectivity index (χ4n) is 2.09. The molecule has 0 radical (unpaired) electrons. The van der Waals surface area contributed by atoms with E-state index in [1.165, 1.54) is 0 Å². The van der Waals surface area contributed by atoms with Crippen molar-refractivity contribution < 1.29 is 4.74 Å². The van der Waals surface area contributed by atoms with Crippen molar-refractivity contribution in [1.29, 1.82) is 0 Å². The summed E-state index contributed by atoms with van der Waals surface area (Å²) in [5.41, 5.74) is -0.310. The van der Waals surface area contributed by atoms with Gasteiger partial charge in [0.2, 0.25) is 0 Å². The van der Waals surface area contributed by atoms with Crippen molar-refractivity contribution in [3.8, 4) is 0 Å². The molecule has 1 unspecified atom stereocenters. The first-order valence-corrected chi connectivity index (χ1v) is 6.41. The Hall–Kier alpha value is -1.36. The van der Waals surface area contributed by atoms with Crippen LogP contribution >= 0.6 is 0 Å². The van der Waals surface area contributed by atoms with Gasteiger partial charge in [-0.3, -0.25) is 4.79 Å². The summed E-state index contributed by atoms with van der Waals surface area (Å²) in [4.78, 5) is 16.4. The van der Waals surface area contributed by atoms with Gasteiger partial charge >= 0.3 is 0 Å². The van der Waals surface area contributed by atoms with E-state index >= 15 is 0 Å². The maximum atomic E-state index is 12.3. The zero-order chi connectivity index (χ0) is 13.2. The van der Waals surface area contributed by atoms with Crippen LogP contribution in [0.25, 0.3) is 0 Å². The van der Waals surface area contributed by atoms with Crippen LogP contribution in [0.5, 0.6) is 0 Å². The van der Waals surface area contributed by atoms with Gasteiger partial charge in [-0.1, -0.05) is 0 Å². The minimum atomic E-state index is -0.237. The number of nitrogens with one attached hydrogen (secondary N) is 1. The van der Waals surface area contributed by atoms with E-state index < -0.39 is 0 Å². The molecule has 0 aromatic carbocycles. The second kappa shape index (κ2) is 5.10. The summed E-state index contributed by atoms with van der Waals surface area (Å²) >= 11 is 0. The van der Waals surface area contributed by atoms with E-state index in [4.69, 9.17) is 4.74 Å². The highest BCUT2D eigenvalue weighted by molar-refractivity contribution is 5.32. The number of ether oxygens (including phenoxy) is 1. The van der Waals surface area contributed by atoms with Crippen LogP contribution in [0.1, 0.15) is 33.6 Å². The molecule has 0 saturated carbocycles. The summed E-state index contributed by atoms with van der Waals surface area (Å²) in [5, 5.41) is 3.19. The molecule has 18 heavy (non-hydrogen) atoms. The lowest BCUT2D eigenvalue weighted by Crippen LogP contribution is -2.38. The molecule has 0 amide bonds. The number of hydrogen-bond donors (Lipinski definition) is 1. The van der Waals surface area contributed by atoms with Crippen molar-refractivity contribution >= 4 is 5.82 Å². The summed E-state index contributed by atoms with van der Waals surface area (Å²) in [5.74, 6) is 0.419. The van der Waals surface area contributed by atoms with E-state index in [0.717, 1.165) is 19.4 Å². The predicted octanol–water partition coefficient (Wildman–Crippen LogP) is 1.59. The number of anilines is 1. The Morgan fingerprint density at radius 2 is 2.28 bits per heavy atom. The molecule has 0 spiro atoms. The van der Waals surface area contributed by atoms with Crippen LogP contribution in [-0.4, -0.2) is 28.8 Å². The summed E-state index contributed by atoms with van der Waals surface area (Å²) < 4.78 is 7.09.